The van der Waals surface area contributed by atoms with Gasteiger partial charge in [-0.3, -0.25) is 4.79 Å². The first-order valence-corrected chi connectivity index (χ1v) is 4.80. The van der Waals surface area contributed by atoms with Gasteiger partial charge in [0.1, 0.15) is 13.2 Å². The predicted molar refractivity (Wildman–Crippen MR) is 54.6 cm³/mol. The molecule has 2 aliphatic rings. The lowest BCUT2D eigenvalue weighted by molar-refractivity contribution is -0.114. The Labute approximate surface area is 86.4 Å². The Bertz CT molecular complexity index is 431. The third kappa shape index (κ3) is 1.36. The molecule has 5 nitrogen and oxygen atoms in total. The van der Waals surface area contributed by atoms with Gasteiger partial charge in [0.2, 0.25) is 5.91 Å². The highest BCUT2D eigenvalue weighted by Gasteiger charge is 2.20. The van der Waals surface area contributed by atoms with Crippen molar-refractivity contribution in [1.29, 1.82) is 0 Å². The van der Waals surface area contributed by atoms with Gasteiger partial charge in [0.25, 0.3) is 0 Å². The number of carbonyl (C=O) groups is 1. The SMILES string of the molecule is O=C1CNc2cc3c(cc2N1)OCCO3. The highest BCUT2D eigenvalue weighted by atomic mass is 16.6. The van der Waals surface area contributed by atoms with Crippen molar-refractivity contribution in [2.45, 2.75) is 0 Å². The summed E-state index contributed by atoms with van der Waals surface area (Å²) in [5, 5.41) is 5.79. The number of ether oxygens (including phenoxy) is 2. The molecule has 1 amide bonds. The highest BCUT2D eigenvalue weighted by Crippen LogP contribution is 2.39. The van der Waals surface area contributed by atoms with Crippen LogP contribution < -0.4 is 20.1 Å². The van der Waals surface area contributed by atoms with E-state index in [9.17, 15) is 4.79 Å². The van der Waals surface area contributed by atoms with Crippen LogP contribution in [0.1, 0.15) is 0 Å². The molecule has 15 heavy (non-hydrogen) atoms. The zero-order chi connectivity index (χ0) is 10.3. The van der Waals surface area contributed by atoms with Gasteiger partial charge >= 0.3 is 0 Å². The summed E-state index contributed by atoms with van der Waals surface area (Å²) in [5.41, 5.74) is 1.62. The van der Waals surface area contributed by atoms with Gasteiger partial charge in [-0.15, -0.1) is 0 Å². The number of rotatable bonds is 0. The number of anilines is 2. The van der Waals surface area contributed by atoms with Gasteiger partial charge < -0.3 is 20.1 Å². The molecule has 5 heteroatoms. The minimum absolute atomic E-state index is 0.0424. The fourth-order valence-corrected chi connectivity index (χ4v) is 1.71. The second-order valence-corrected chi connectivity index (χ2v) is 3.44. The molecule has 1 aromatic carbocycles. The van der Waals surface area contributed by atoms with Crippen LogP contribution in [0.25, 0.3) is 0 Å². The van der Waals surface area contributed by atoms with Crippen LogP contribution in [0.5, 0.6) is 11.5 Å². The Morgan fingerprint density at radius 2 is 1.73 bits per heavy atom. The third-order valence-corrected chi connectivity index (χ3v) is 2.40. The van der Waals surface area contributed by atoms with Gasteiger partial charge in [0.05, 0.1) is 17.9 Å². The van der Waals surface area contributed by atoms with Crippen LogP contribution in [-0.2, 0) is 4.79 Å². The van der Waals surface area contributed by atoms with Crippen LogP contribution in [0.15, 0.2) is 12.1 Å². The average molecular weight is 206 g/mol. The molecule has 2 N–H and O–H groups in total. The second-order valence-electron chi connectivity index (χ2n) is 3.44. The molecule has 0 aliphatic carbocycles. The van der Waals surface area contributed by atoms with Crippen LogP contribution in [0, 0.1) is 0 Å². The molecule has 0 bridgehead atoms. The topological polar surface area (TPSA) is 59.6 Å². The minimum atomic E-state index is -0.0424. The van der Waals surface area contributed by atoms with Gasteiger partial charge in [-0.25, -0.2) is 0 Å². The van der Waals surface area contributed by atoms with E-state index in [-0.39, 0.29) is 5.91 Å². The van der Waals surface area contributed by atoms with Crippen molar-refractivity contribution >= 4 is 17.3 Å². The number of hydrogen-bond acceptors (Lipinski definition) is 4. The van der Waals surface area contributed by atoms with Crippen LogP contribution in [0.2, 0.25) is 0 Å². The van der Waals surface area contributed by atoms with Crippen molar-refractivity contribution in [1.82, 2.24) is 0 Å². The molecule has 2 aliphatic heterocycles. The molecule has 0 radical (unpaired) electrons. The van der Waals surface area contributed by atoms with E-state index in [0.29, 0.717) is 25.5 Å². The Hall–Kier alpha value is -1.91. The maximum atomic E-state index is 11.1. The first kappa shape index (κ1) is 8.40. The molecule has 0 saturated carbocycles. The normalized spacial score (nSPS) is 17.5. The molecule has 0 spiro atoms. The van der Waals surface area contributed by atoms with Crippen molar-refractivity contribution in [2.75, 3.05) is 30.4 Å². The molecule has 0 aromatic heterocycles. The molecule has 0 fully saturated rings. The van der Waals surface area contributed by atoms with Gasteiger partial charge in [-0.1, -0.05) is 0 Å². The highest BCUT2D eigenvalue weighted by molar-refractivity contribution is 6.01. The van der Waals surface area contributed by atoms with Crippen molar-refractivity contribution in [3.05, 3.63) is 12.1 Å². The summed E-state index contributed by atoms with van der Waals surface area (Å²) in [6.45, 7) is 1.41. The summed E-state index contributed by atoms with van der Waals surface area (Å²) in [6, 6.07) is 3.64. The Morgan fingerprint density at radius 3 is 2.47 bits per heavy atom. The second kappa shape index (κ2) is 3.05. The summed E-state index contributed by atoms with van der Waals surface area (Å²) in [6.07, 6.45) is 0. The zero-order valence-electron chi connectivity index (χ0n) is 8.00. The van der Waals surface area contributed by atoms with Gasteiger partial charge in [0, 0.05) is 12.1 Å². The van der Waals surface area contributed by atoms with Crippen LogP contribution in [-0.4, -0.2) is 25.7 Å². The minimum Gasteiger partial charge on any atom is -0.486 e. The number of benzene rings is 1. The van der Waals surface area contributed by atoms with E-state index < -0.39 is 0 Å². The molecule has 0 saturated heterocycles. The Morgan fingerprint density at radius 1 is 1.07 bits per heavy atom. The zero-order valence-corrected chi connectivity index (χ0v) is 8.00. The summed E-state index contributed by atoms with van der Waals surface area (Å²) >= 11 is 0. The Kier molecular flexibility index (Phi) is 1.71. The van der Waals surface area contributed by atoms with E-state index in [1.54, 1.807) is 6.07 Å². The molecule has 3 rings (SSSR count). The maximum absolute atomic E-state index is 11.1. The average Bonchev–Trinajstić information content (AvgIpc) is 2.26. The lowest BCUT2D eigenvalue weighted by Crippen LogP contribution is -2.27. The lowest BCUT2D eigenvalue weighted by Gasteiger charge is -2.24. The summed E-state index contributed by atoms with van der Waals surface area (Å²) in [7, 11) is 0. The van der Waals surface area contributed by atoms with Crippen LogP contribution in [0.4, 0.5) is 11.4 Å². The largest absolute Gasteiger partial charge is 0.486 e. The van der Waals surface area contributed by atoms with E-state index in [4.69, 9.17) is 9.47 Å². The first-order chi connectivity index (χ1) is 7.33. The molecule has 0 atom stereocenters. The fraction of sp³-hybridized carbons (Fsp3) is 0.300. The molecule has 2 heterocycles. The van der Waals surface area contributed by atoms with Gasteiger partial charge in [-0.2, -0.15) is 0 Å². The lowest BCUT2D eigenvalue weighted by atomic mass is 10.2. The van der Waals surface area contributed by atoms with E-state index in [1.807, 2.05) is 6.07 Å². The van der Waals surface area contributed by atoms with E-state index >= 15 is 0 Å². The summed E-state index contributed by atoms with van der Waals surface area (Å²) in [5.74, 6) is 1.37. The van der Waals surface area contributed by atoms with Crippen molar-refractivity contribution in [3.63, 3.8) is 0 Å². The van der Waals surface area contributed by atoms with Crippen molar-refractivity contribution in [3.8, 4) is 11.5 Å². The maximum Gasteiger partial charge on any atom is 0.243 e. The molecular weight excluding hydrogens is 196 g/mol. The molecule has 0 unspecified atom stereocenters. The number of carbonyl (C=O) groups excluding carboxylic acids is 1. The number of hydrogen-bond donors (Lipinski definition) is 2. The standard InChI is InChI=1S/C10H10N2O3/c13-10-5-11-6-3-8-9(4-7(6)12-10)15-2-1-14-8/h3-4,11H,1-2,5H2,(H,12,13). The number of nitrogens with one attached hydrogen (secondary N) is 2. The van der Waals surface area contributed by atoms with Crippen molar-refractivity contribution < 1.29 is 14.3 Å². The van der Waals surface area contributed by atoms with E-state index in [1.165, 1.54) is 0 Å². The van der Waals surface area contributed by atoms with E-state index in [2.05, 4.69) is 10.6 Å². The Balaban J connectivity index is 2.06. The third-order valence-electron chi connectivity index (χ3n) is 2.40. The quantitative estimate of drug-likeness (QED) is 0.659. The summed E-state index contributed by atoms with van der Waals surface area (Å²) < 4.78 is 10.9. The van der Waals surface area contributed by atoms with Crippen LogP contribution in [0.3, 0.4) is 0 Å². The number of fused-ring (bicyclic) bond motifs is 2. The van der Waals surface area contributed by atoms with Gasteiger partial charge in [-0.05, 0) is 0 Å². The van der Waals surface area contributed by atoms with Crippen LogP contribution >= 0.6 is 0 Å². The van der Waals surface area contributed by atoms with Crippen molar-refractivity contribution in [2.24, 2.45) is 0 Å². The summed E-state index contributed by atoms with van der Waals surface area (Å²) in [4.78, 5) is 11.1. The molecular formula is C10H10N2O3. The first-order valence-electron chi connectivity index (χ1n) is 4.80. The van der Waals surface area contributed by atoms with E-state index in [0.717, 1.165) is 17.1 Å². The smallest absolute Gasteiger partial charge is 0.243 e. The fourth-order valence-electron chi connectivity index (χ4n) is 1.71. The van der Waals surface area contributed by atoms with Gasteiger partial charge in [0.15, 0.2) is 11.5 Å². The monoisotopic (exact) mass is 206 g/mol. The molecule has 78 valence electrons. The predicted octanol–water partition coefficient (Wildman–Crippen LogP) is 0.822. The molecule has 1 aromatic rings. The number of amides is 1.